The molecule has 0 aliphatic carbocycles. The first-order chi connectivity index (χ1) is 10.0. The molecule has 21 heavy (non-hydrogen) atoms. The van der Waals surface area contributed by atoms with Gasteiger partial charge in [0.05, 0.1) is 19.9 Å². The van der Waals surface area contributed by atoms with Crippen molar-refractivity contribution in [2.75, 3.05) is 12.8 Å². The van der Waals surface area contributed by atoms with E-state index in [0.29, 0.717) is 12.1 Å². The van der Waals surface area contributed by atoms with Gasteiger partial charge in [-0.15, -0.1) is 0 Å². The molecule has 0 saturated carbocycles. The zero-order chi connectivity index (χ0) is 16.0. The van der Waals surface area contributed by atoms with Gasteiger partial charge in [-0.2, -0.15) is 4.98 Å². The van der Waals surface area contributed by atoms with E-state index in [1.165, 1.54) is 19.4 Å². The summed E-state index contributed by atoms with van der Waals surface area (Å²) < 4.78 is 19.7. The fourth-order valence-corrected chi connectivity index (χ4v) is 1.75. The molecule has 2 N–H and O–H groups in total. The summed E-state index contributed by atoms with van der Waals surface area (Å²) in [5.74, 6) is -0.0480. The molecule has 0 unspecified atom stereocenters. The van der Waals surface area contributed by atoms with Crippen LogP contribution in [0.4, 0.5) is 10.3 Å². The standard InChI is InChI=1S/C13H14FN3O2.C2H6/c1-8-5-9(3-4-10(8)14)6-17-7-11(19-2)12(18)16-13(17)15;1-2/h3-5,7H,6H2,1-2H3,(H2,15,16,18);1-2H3. The van der Waals surface area contributed by atoms with Crippen LogP contribution in [0.25, 0.3) is 0 Å². The van der Waals surface area contributed by atoms with Gasteiger partial charge in [-0.25, -0.2) is 4.39 Å². The molecule has 0 atom stereocenters. The first-order valence-corrected chi connectivity index (χ1v) is 6.67. The quantitative estimate of drug-likeness (QED) is 0.943. The number of ether oxygens (including phenoxy) is 1. The van der Waals surface area contributed by atoms with Crippen LogP contribution >= 0.6 is 0 Å². The fraction of sp³-hybridized carbons (Fsp3) is 0.333. The third kappa shape index (κ3) is 4.05. The lowest BCUT2D eigenvalue weighted by Crippen LogP contribution is -2.18. The second-order valence-electron chi connectivity index (χ2n) is 4.18. The fourth-order valence-electron chi connectivity index (χ4n) is 1.75. The van der Waals surface area contributed by atoms with Gasteiger partial charge >= 0.3 is 5.56 Å². The molecule has 0 saturated heterocycles. The van der Waals surface area contributed by atoms with Crippen molar-refractivity contribution in [3.8, 4) is 5.75 Å². The molecule has 114 valence electrons. The topological polar surface area (TPSA) is 70.1 Å². The number of nitrogens with two attached hydrogens (primary N) is 1. The van der Waals surface area contributed by atoms with Crippen molar-refractivity contribution < 1.29 is 9.13 Å². The van der Waals surface area contributed by atoms with Crippen molar-refractivity contribution in [3.63, 3.8) is 0 Å². The summed E-state index contributed by atoms with van der Waals surface area (Å²) in [5, 5.41) is 0. The zero-order valence-corrected chi connectivity index (χ0v) is 12.7. The van der Waals surface area contributed by atoms with Crippen LogP contribution in [0.1, 0.15) is 25.0 Å². The summed E-state index contributed by atoms with van der Waals surface area (Å²) >= 11 is 0. The number of nitrogen functional groups attached to an aromatic ring is 1. The van der Waals surface area contributed by atoms with E-state index < -0.39 is 5.56 Å². The molecular weight excluding hydrogens is 273 g/mol. The first kappa shape index (κ1) is 16.7. The van der Waals surface area contributed by atoms with Crippen LogP contribution in [0.15, 0.2) is 29.2 Å². The highest BCUT2D eigenvalue weighted by molar-refractivity contribution is 5.29. The van der Waals surface area contributed by atoms with Crippen LogP contribution in [0.3, 0.4) is 0 Å². The van der Waals surface area contributed by atoms with Gasteiger partial charge in [-0.05, 0) is 24.1 Å². The summed E-state index contributed by atoms with van der Waals surface area (Å²) in [6, 6.07) is 4.78. The Labute approximate surface area is 123 Å². The van der Waals surface area contributed by atoms with Gasteiger partial charge in [0.15, 0.2) is 0 Å². The molecule has 6 heteroatoms. The number of nitrogens with zero attached hydrogens (tertiary/aromatic N) is 2. The number of anilines is 1. The highest BCUT2D eigenvalue weighted by Crippen LogP contribution is 2.13. The van der Waals surface area contributed by atoms with Gasteiger partial charge in [0.1, 0.15) is 5.82 Å². The molecule has 1 heterocycles. The third-order valence-corrected chi connectivity index (χ3v) is 2.79. The molecule has 5 nitrogen and oxygen atoms in total. The molecule has 2 aromatic rings. The number of halogens is 1. The van der Waals surface area contributed by atoms with Crippen molar-refractivity contribution in [1.29, 1.82) is 0 Å². The first-order valence-electron chi connectivity index (χ1n) is 6.67. The number of aryl methyl sites for hydroxylation is 1. The minimum atomic E-state index is -0.508. The van der Waals surface area contributed by atoms with Crippen LogP contribution in [-0.2, 0) is 6.54 Å². The maximum atomic E-state index is 13.2. The normalized spacial score (nSPS) is 9.76. The van der Waals surface area contributed by atoms with Gasteiger partial charge in [-0.3, -0.25) is 4.79 Å². The predicted octanol–water partition coefficient (Wildman–Crippen LogP) is 2.36. The Morgan fingerprint density at radius 1 is 1.38 bits per heavy atom. The molecule has 1 aromatic heterocycles. The van der Waals surface area contributed by atoms with Crippen molar-refractivity contribution in [1.82, 2.24) is 9.55 Å². The molecule has 0 spiro atoms. The van der Waals surface area contributed by atoms with Crippen molar-refractivity contribution in [2.24, 2.45) is 0 Å². The van der Waals surface area contributed by atoms with E-state index in [2.05, 4.69) is 4.98 Å². The minimum Gasteiger partial charge on any atom is -0.490 e. The van der Waals surface area contributed by atoms with Crippen molar-refractivity contribution >= 4 is 5.95 Å². The zero-order valence-electron chi connectivity index (χ0n) is 12.7. The minimum absolute atomic E-state index is 0.0905. The molecule has 0 radical (unpaired) electrons. The highest BCUT2D eigenvalue weighted by atomic mass is 19.1. The maximum Gasteiger partial charge on any atom is 0.316 e. The van der Waals surface area contributed by atoms with Crippen molar-refractivity contribution in [2.45, 2.75) is 27.3 Å². The van der Waals surface area contributed by atoms with Crippen LogP contribution in [0, 0.1) is 12.7 Å². The average molecular weight is 293 g/mol. The molecular formula is C15H20FN3O2. The lowest BCUT2D eigenvalue weighted by atomic mass is 10.1. The maximum absolute atomic E-state index is 13.2. The van der Waals surface area contributed by atoms with E-state index in [1.807, 2.05) is 13.8 Å². The lowest BCUT2D eigenvalue weighted by Gasteiger charge is -2.11. The van der Waals surface area contributed by atoms with E-state index in [1.54, 1.807) is 23.6 Å². The molecule has 0 aliphatic rings. The number of aromatic nitrogens is 2. The Morgan fingerprint density at radius 2 is 2.05 bits per heavy atom. The van der Waals surface area contributed by atoms with Gasteiger partial charge < -0.3 is 15.0 Å². The number of hydrogen-bond donors (Lipinski definition) is 1. The van der Waals surface area contributed by atoms with Crippen LogP contribution < -0.4 is 16.0 Å². The van der Waals surface area contributed by atoms with E-state index in [4.69, 9.17) is 10.5 Å². The summed E-state index contributed by atoms with van der Waals surface area (Å²) in [6.45, 7) is 6.07. The van der Waals surface area contributed by atoms with Gasteiger partial charge in [0.25, 0.3) is 0 Å². The predicted molar refractivity (Wildman–Crippen MR) is 81.0 cm³/mol. The number of hydrogen-bond acceptors (Lipinski definition) is 4. The second kappa shape index (κ2) is 7.42. The Morgan fingerprint density at radius 3 is 2.62 bits per heavy atom. The lowest BCUT2D eigenvalue weighted by molar-refractivity contribution is 0.402. The highest BCUT2D eigenvalue weighted by Gasteiger charge is 2.07. The molecule has 2 rings (SSSR count). The van der Waals surface area contributed by atoms with Crippen molar-refractivity contribution in [3.05, 3.63) is 51.7 Å². The number of methoxy groups -OCH3 is 1. The van der Waals surface area contributed by atoms with E-state index in [-0.39, 0.29) is 17.5 Å². The van der Waals surface area contributed by atoms with Crippen LogP contribution in [-0.4, -0.2) is 16.7 Å². The SMILES string of the molecule is CC.COc1cn(Cc2ccc(F)c(C)c2)c(N)nc1=O. The Balaban J connectivity index is 0.00000106. The average Bonchev–Trinajstić information content (AvgIpc) is 2.48. The summed E-state index contributed by atoms with van der Waals surface area (Å²) in [4.78, 5) is 15.1. The summed E-state index contributed by atoms with van der Waals surface area (Å²) in [6.07, 6.45) is 1.49. The van der Waals surface area contributed by atoms with E-state index >= 15 is 0 Å². The smallest absolute Gasteiger partial charge is 0.316 e. The van der Waals surface area contributed by atoms with Gasteiger partial charge in [-0.1, -0.05) is 26.0 Å². The largest absolute Gasteiger partial charge is 0.490 e. The second-order valence-corrected chi connectivity index (χ2v) is 4.18. The molecule has 0 bridgehead atoms. The number of rotatable bonds is 3. The van der Waals surface area contributed by atoms with Crippen LogP contribution in [0.5, 0.6) is 5.75 Å². The number of benzene rings is 1. The molecule has 0 fully saturated rings. The molecule has 0 aliphatic heterocycles. The molecule has 1 aromatic carbocycles. The van der Waals surface area contributed by atoms with E-state index in [9.17, 15) is 9.18 Å². The third-order valence-electron chi connectivity index (χ3n) is 2.79. The monoisotopic (exact) mass is 293 g/mol. The Bertz CT molecular complexity index is 668. The van der Waals surface area contributed by atoms with Gasteiger partial charge in [0, 0.05) is 0 Å². The van der Waals surface area contributed by atoms with Crippen LogP contribution in [0.2, 0.25) is 0 Å². The summed E-state index contributed by atoms with van der Waals surface area (Å²) in [5.41, 5.74) is 6.59. The van der Waals surface area contributed by atoms with E-state index in [0.717, 1.165) is 5.56 Å². The van der Waals surface area contributed by atoms with Gasteiger partial charge in [0.2, 0.25) is 11.7 Å². The Hall–Kier alpha value is -2.37. The summed E-state index contributed by atoms with van der Waals surface area (Å²) in [7, 11) is 1.39. The Kier molecular flexibility index (Phi) is 5.90. The molecule has 0 amide bonds.